The maximum Gasteiger partial charge on any atom is 0.336 e. The van der Waals surface area contributed by atoms with E-state index in [1.165, 1.54) is 0 Å². The molecule has 0 amide bonds. The Morgan fingerprint density at radius 3 is 2.08 bits per heavy atom. The van der Waals surface area contributed by atoms with Crippen LogP contribution in [0.25, 0.3) is 0 Å². The molecule has 37 heavy (non-hydrogen) atoms. The first-order valence-electron chi connectivity index (χ1n) is 12.1. The zero-order valence-electron chi connectivity index (χ0n) is 22.2. The van der Waals surface area contributed by atoms with Gasteiger partial charge < -0.3 is 28.6 Å². The molecular weight excluding hydrogens is 470 g/mol. The number of fused-ring (bicyclic) bond motifs is 1. The van der Waals surface area contributed by atoms with Crippen LogP contribution in [0.1, 0.15) is 36.5 Å². The third-order valence-corrected chi connectivity index (χ3v) is 6.64. The van der Waals surface area contributed by atoms with Crippen LogP contribution in [0.15, 0.2) is 71.9 Å². The van der Waals surface area contributed by atoms with Gasteiger partial charge in [-0.25, -0.2) is 4.79 Å². The Morgan fingerprint density at radius 2 is 1.51 bits per heavy atom. The van der Waals surface area contributed by atoms with E-state index in [0.29, 0.717) is 29.4 Å². The zero-order chi connectivity index (χ0) is 26.5. The van der Waals surface area contributed by atoms with Crippen molar-refractivity contribution in [1.29, 1.82) is 0 Å². The molecule has 1 aliphatic rings. The molecule has 0 N–H and O–H groups in total. The predicted octanol–water partition coefficient (Wildman–Crippen LogP) is 5.71. The topological polar surface area (TPSA) is 66.5 Å². The Bertz CT molecular complexity index is 1270. The molecule has 1 heterocycles. The molecule has 3 aromatic carbocycles. The van der Waals surface area contributed by atoms with Crippen LogP contribution < -0.4 is 23.8 Å². The Morgan fingerprint density at radius 1 is 0.865 bits per heavy atom. The van der Waals surface area contributed by atoms with Gasteiger partial charge in [0.2, 0.25) is 5.75 Å². The Labute approximate surface area is 218 Å². The quantitative estimate of drug-likeness (QED) is 0.347. The number of carbonyl (C=O) groups is 1. The monoisotopic (exact) mass is 503 g/mol. The van der Waals surface area contributed by atoms with Crippen LogP contribution in [-0.2, 0) is 16.1 Å². The van der Waals surface area contributed by atoms with E-state index in [2.05, 4.69) is 17.0 Å². The van der Waals surface area contributed by atoms with Gasteiger partial charge in [0.05, 0.1) is 40.6 Å². The van der Waals surface area contributed by atoms with Crippen LogP contribution in [-0.4, -0.2) is 41.0 Å². The average molecular weight is 504 g/mol. The minimum atomic E-state index is -0.393. The minimum Gasteiger partial charge on any atom is -0.497 e. The lowest BCUT2D eigenvalue weighted by atomic mass is 9.79. The largest absolute Gasteiger partial charge is 0.497 e. The van der Waals surface area contributed by atoms with E-state index in [9.17, 15) is 4.79 Å². The van der Waals surface area contributed by atoms with E-state index in [0.717, 1.165) is 33.8 Å². The molecular formula is C30H33NO6. The van der Waals surface area contributed by atoms with Gasteiger partial charge in [0, 0.05) is 23.8 Å². The van der Waals surface area contributed by atoms with Crippen LogP contribution in [0.5, 0.6) is 23.0 Å². The third kappa shape index (κ3) is 4.94. The number of hydrogen-bond donors (Lipinski definition) is 0. The van der Waals surface area contributed by atoms with Crippen molar-refractivity contribution in [3.63, 3.8) is 0 Å². The second kappa shape index (κ2) is 11.3. The normalized spacial score (nSPS) is 14.6. The predicted molar refractivity (Wildman–Crippen MR) is 143 cm³/mol. The molecule has 7 heteroatoms. The number of methoxy groups -OCH3 is 4. The summed E-state index contributed by atoms with van der Waals surface area (Å²) >= 11 is 0. The van der Waals surface area contributed by atoms with E-state index in [1.54, 1.807) is 28.4 Å². The molecule has 0 fully saturated rings. The van der Waals surface area contributed by atoms with E-state index in [4.69, 9.17) is 23.7 Å². The molecule has 1 atom stereocenters. The standard InChI is InChI=1S/C30H33NO6/c1-7-37-30(32)27-19(2)31(18-20-12-14-22(33-3)15-13-20)24-11-9-8-10-23(24)28(27)21-16-25(34-4)29(36-6)26(17-21)35-5/h8-17,28H,7,18H2,1-6H3/t28-/m1/s1. The summed E-state index contributed by atoms with van der Waals surface area (Å²) in [4.78, 5) is 15.7. The van der Waals surface area contributed by atoms with Gasteiger partial charge in [-0.2, -0.15) is 0 Å². The van der Waals surface area contributed by atoms with Crippen LogP contribution in [0.2, 0.25) is 0 Å². The SMILES string of the molecule is CCOC(=O)C1=C(C)N(Cc2ccc(OC)cc2)c2ccccc2[C@H]1c1cc(OC)c(OC)c(OC)c1. The highest BCUT2D eigenvalue weighted by Crippen LogP contribution is 2.49. The molecule has 0 bridgehead atoms. The molecule has 0 aliphatic carbocycles. The molecule has 3 aromatic rings. The number of anilines is 1. The van der Waals surface area contributed by atoms with Gasteiger partial charge in [-0.15, -0.1) is 0 Å². The van der Waals surface area contributed by atoms with E-state index < -0.39 is 5.92 Å². The first-order valence-corrected chi connectivity index (χ1v) is 12.1. The second-order valence-electron chi connectivity index (χ2n) is 8.60. The van der Waals surface area contributed by atoms with Crippen molar-refractivity contribution in [2.24, 2.45) is 0 Å². The van der Waals surface area contributed by atoms with Crippen LogP contribution in [0.3, 0.4) is 0 Å². The third-order valence-electron chi connectivity index (χ3n) is 6.64. The molecule has 7 nitrogen and oxygen atoms in total. The fourth-order valence-corrected chi connectivity index (χ4v) is 4.87. The van der Waals surface area contributed by atoms with Crippen molar-refractivity contribution in [1.82, 2.24) is 0 Å². The number of allylic oxidation sites excluding steroid dienone is 1. The first-order chi connectivity index (χ1) is 18.0. The Kier molecular flexibility index (Phi) is 7.92. The first kappa shape index (κ1) is 25.9. The fourth-order valence-electron chi connectivity index (χ4n) is 4.87. The summed E-state index contributed by atoms with van der Waals surface area (Å²) in [5, 5.41) is 0. The molecule has 0 unspecified atom stereocenters. The summed E-state index contributed by atoms with van der Waals surface area (Å²) in [5.74, 6) is 1.60. The molecule has 0 saturated carbocycles. The van der Waals surface area contributed by atoms with Crippen LogP contribution in [0.4, 0.5) is 5.69 Å². The number of benzene rings is 3. The molecule has 4 rings (SSSR count). The Hall–Kier alpha value is -4.13. The van der Waals surface area contributed by atoms with Gasteiger partial charge in [-0.3, -0.25) is 0 Å². The van der Waals surface area contributed by atoms with Crippen molar-refractivity contribution >= 4 is 11.7 Å². The fraction of sp³-hybridized carbons (Fsp3) is 0.300. The van der Waals surface area contributed by atoms with E-state index >= 15 is 0 Å². The van der Waals surface area contributed by atoms with Gasteiger partial charge in [0.15, 0.2) is 11.5 Å². The lowest BCUT2D eigenvalue weighted by Crippen LogP contribution is -2.32. The molecule has 1 aliphatic heterocycles. The summed E-state index contributed by atoms with van der Waals surface area (Å²) < 4.78 is 27.7. The number of para-hydroxylation sites is 1. The summed E-state index contributed by atoms with van der Waals surface area (Å²) in [7, 11) is 6.39. The van der Waals surface area contributed by atoms with Gasteiger partial charge in [-0.05, 0) is 60.9 Å². The molecule has 0 aromatic heterocycles. The summed E-state index contributed by atoms with van der Waals surface area (Å²) in [6.45, 7) is 4.64. The van der Waals surface area contributed by atoms with Crippen LogP contribution >= 0.6 is 0 Å². The van der Waals surface area contributed by atoms with Crippen molar-refractivity contribution in [3.05, 3.63) is 88.6 Å². The number of ether oxygens (including phenoxy) is 5. The number of hydrogen-bond acceptors (Lipinski definition) is 7. The van der Waals surface area contributed by atoms with Gasteiger partial charge in [0.1, 0.15) is 5.75 Å². The van der Waals surface area contributed by atoms with Crippen molar-refractivity contribution in [2.75, 3.05) is 39.9 Å². The summed E-state index contributed by atoms with van der Waals surface area (Å²) in [5.41, 5.74) is 5.33. The second-order valence-corrected chi connectivity index (χ2v) is 8.60. The Balaban J connectivity index is 1.92. The highest BCUT2D eigenvalue weighted by molar-refractivity contribution is 5.95. The van der Waals surface area contributed by atoms with Gasteiger partial charge in [0.25, 0.3) is 0 Å². The maximum atomic E-state index is 13.5. The van der Waals surface area contributed by atoms with E-state index in [1.807, 2.05) is 62.4 Å². The van der Waals surface area contributed by atoms with Gasteiger partial charge >= 0.3 is 5.97 Å². The highest BCUT2D eigenvalue weighted by Gasteiger charge is 2.37. The lowest BCUT2D eigenvalue weighted by Gasteiger charge is -2.38. The maximum absolute atomic E-state index is 13.5. The van der Waals surface area contributed by atoms with Crippen molar-refractivity contribution < 1.29 is 28.5 Å². The van der Waals surface area contributed by atoms with E-state index in [-0.39, 0.29) is 12.6 Å². The molecule has 194 valence electrons. The van der Waals surface area contributed by atoms with Crippen LogP contribution in [0, 0.1) is 0 Å². The van der Waals surface area contributed by atoms with Gasteiger partial charge in [-0.1, -0.05) is 30.3 Å². The number of nitrogens with zero attached hydrogens (tertiary/aromatic N) is 1. The minimum absolute atomic E-state index is 0.276. The number of esters is 1. The number of carbonyl (C=O) groups excluding carboxylic acids is 1. The molecule has 0 saturated heterocycles. The summed E-state index contributed by atoms with van der Waals surface area (Å²) in [6, 6.07) is 19.9. The lowest BCUT2D eigenvalue weighted by molar-refractivity contribution is -0.138. The average Bonchev–Trinajstić information content (AvgIpc) is 2.93. The summed E-state index contributed by atoms with van der Waals surface area (Å²) in [6.07, 6.45) is 0. The molecule has 0 spiro atoms. The number of rotatable bonds is 9. The van der Waals surface area contributed by atoms with Crippen molar-refractivity contribution in [2.45, 2.75) is 26.3 Å². The molecule has 0 radical (unpaired) electrons. The smallest absolute Gasteiger partial charge is 0.336 e. The van der Waals surface area contributed by atoms with Crippen molar-refractivity contribution in [3.8, 4) is 23.0 Å². The highest BCUT2D eigenvalue weighted by atomic mass is 16.5. The zero-order valence-corrected chi connectivity index (χ0v) is 22.2.